The van der Waals surface area contributed by atoms with E-state index in [-0.39, 0.29) is 5.57 Å². The molecular formula is C28H22ClN3O4. The second-order valence-corrected chi connectivity index (χ2v) is 8.68. The lowest BCUT2D eigenvalue weighted by Gasteiger charge is -2.26. The van der Waals surface area contributed by atoms with Crippen molar-refractivity contribution >= 4 is 52.1 Å². The summed E-state index contributed by atoms with van der Waals surface area (Å²) < 4.78 is 7.87. The molecule has 8 heteroatoms. The predicted molar refractivity (Wildman–Crippen MR) is 139 cm³/mol. The van der Waals surface area contributed by atoms with Crippen LogP contribution in [0, 0.1) is 0 Å². The van der Waals surface area contributed by atoms with E-state index >= 15 is 0 Å². The fraction of sp³-hybridized carbons (Fsp3) is 0.107. The number of nitrogens with zero attached hydrogens (tertiary/aromatic N) is 2. The SMILES string of the molecule is O=C1NC(=O)N(c2ccc(Cl)cc2)C(=O)/C1=C\c1cn(CCCOc2ccccc2)c2ccccc12. The Kier molecular flexibility index (Phi) is 6.56. The van der Waals surface area contributed by atoms with Crippen molar-refractivity contribution in [3.63, 3.8) is 0 Å². The summed E-state index contributed by atoms with van der Waals surface area (Å²) in [7, 11) is 0. The molecule has 5 rings (SSSR count). The summed E-state index contributed by atoms with van der Waals surface area (Å²) in [5, 5.41) is 3.62. The molecule has 0 aliphatic carbocycles. The van der Waals surface area contributed by atoms with Crippen LogP contribution in [-0.4, -0.2) is 29.0 Å². The number of aryl methyl sites for hydroxylation is 1. The fourth-order valence-corrected chi connectivity index (χ4v) is 4.28. The lowest BCUT2D eigenvalue weighted by atomic mass is 10.1. The van der Waals surface area contributed by atoms with Crippen LogP contribution in [0.15, 0.2) is 90.6 Å². The maximum atomic E-state index is 13.2. The van der Waals surface area contributed by atoms with Gasteiger partial charge in [0, 0.05) is 34.2 Å². The van der Waals surface area contributed by atoms with E-state index in [9.17, 15) is 14.4 Å². The van der Waals surface area contributed by atoms with Gasteiger partial charge < -0.3 is 9.30 Å². The summed E-state index contributed by atoms with van der Waals surface area (Å²) in [5.74, 6) is -0.607. The zero-order chi connectivity index (χ0) is 25.1. The smallest absolute Gasteiger partial charge is 0.335 e. The number of rotatable bonds is 7. The number of fused-ring (bicyclic) bond motifs is 1. The van der Waals surface area contributed by atoms with Gasteiger partial charge in [0.15, 0.2) is 0 Å². The topological polar surface area (TPSA) is 80.6 Å². The van der Waals surface area contributed by atoms with E-state index < -0.39 is 17.8 Å². The number of hydrogen-bond acceptors (Lipinski definition) is 4. The second-order valence-electron chi connectivity index (χ2n) is 8.24. The number of aromatic nitrogens is 1. The molecule has 2 heterocycles. The van der Waals surface area contributed by atoms with Crippen LogP contribution in [0.3, 0.4) is 0 Å². The number of hydrogen-bond donors (Lipinski definition) is 1. The lowest BCUT2D eigenvalue weighted by molar-refractivity contribution is -0.122. The highest BCUT2D eigenvalue weighted by molar-refractivity contribution is 6.39. The fourth-order valence-electron chi connectivity index (χ4n) is 4.15. The number of benzene rings is 3. The second kappa shape index (κ2) is 10.1. The van der Waals surface area contributed by atoms with Gasteiger partial charge in [-0.15, -0.1) is 0 Å². The van der Waals surface area contributed by atoms with E-state index in [1.54, 1.807) is 24.3 Å². The zero-order valence-corrected chi connectivity index (χ0v) is 19.9. The summed E-state index contributed by atoms with van der Waals surface area (Å²) in [6.07, 6.45) is 4.21. The minimum absolute atomic E-state index is 0.125. The quantitative estimate of drug-likeness (QED) is 0.209. The van der Waals surface area contributed by atoms with Crippen molar-refractivity contribution in [3.8, 4) is 5.75 Å². The van der Waals surface area contributed by atoms with E-state index in [0.29, 0.717) is 29.4 Å². The van der Waals surface area contributed by atoms with Crippen molar-refractivity contribution in [2.75, 3.05) is 11.5 Å². The van der Waals surface area contributed by atoms with Gasteiger partial charge in [-0.1, -0.05) is 48.0 Å². The van der Waals surface area contributed by atoms with Crippen LogP contribution in [0.4, 0.5) is 10.5 Å². The number of urea groups is 1. The van der Waals surface area contributed by atoms with E-state index in [2.05, 4.69) is 9.88 Å². The minimum Gasteiger partial charge on any atom is -0.494 e. The van der Waals surface area contributed by atoms with Crippen molar-refractivity contribution in [2.24, 2.45) is 0 Å². The van der Waals surface area contributed by atoms with Gasteiger partial charge in [0.2, 0.25) is 0 Å². The van der Waals surface area contributed by atoms with Crippen LogP contribution in [-0.2, 0) is 16.1 Å². The molecule has 4 amide bonds. The molecule has 7 nitrogen and oxygen atoms in total. The highest BCUT2D eigenvalue weighted by atomic mass is 35.5. The monoisotopic (exact) mass is 499 g/mol. The average molecular weight is 500 g/mol. The molecule has 0 radical (unpaired) electrons. The molecule has 1 aromatic heterocycles. The first-order chi connectivity index (χ1) is 17.5. The Morgan fingerprint density at radius 1 is 0.889 bits per heavy atom. The van der Waals surface area contributed by atoms with Gasteiger partial charge in [-0.05, 0) is 55.0 Å². The molecule has 0 atom stereocenters. The van der Waals surface area contributed by atoms with Gasteiger partial charge in [-0.25, -0.2) is 9.69 Å². The number of para-hydroxylation sites is 2. The number of halogens is 1. The van der Waals surface area contributed by atoms with Gasteiger partial charge >= 0.3 is 6.03 Å². The van der Waals surface area contributed by atoms with Crippen LogP contribution in [0.25, 0.3) is 17.0 Å². The average Bonchev–Trinajstić information content (AvgIpc) is 3.23. The molecule has 0 unspecified atom stereocenters. The summed E-state index contributed by atoms with van der Waals surface area (Å²) in [4.78, 5) is 39.3. The third-order valence-electron chi connectivity index (χ3n) is 5.86. The molecule has 1 aliphatic rings. The van der Waals surface area contributed by atoms with Crippen molar-refractivity contribution in [3.05, 3.63) is 101 Å². The van der Waals surface area contributed by atoms with Crippen molar-refractivity contribution in [2.45, 2.75) is 13.0 Å². The number of nitrogens with one attached hydrogen (secondary N) is 1. The van der Waals surface area contributed by atoms with Crippen LogP contribution >= 0.6 is 11.6 Å². The number of barbiturate groups is 1. The molecule has 4 aromatic rings. The van der Waals surface area contributed by atoms with E-state index in [0.717, 1.165) is 28.0 Å². The molecule has 36 heavy (non-hydrogen) atoms. The molecule has 3 aromatic carbocycles. The highest BCUT2D eigenvalue weighted by Crippen LogP contribution is 2.27. The maximum Gasteiger partial charge on any atom is 0.335 e. The summed E-state index contributed by atoms with van der Waals surface area (Å²) in [6, 6.07) is 22.9. The van der Waals surface area contributed by atoms with Crippen molar-refractivity contribution in [1.82, 2.24) is 9.88 Å². The molecular weight excluding hydrogens is 478 g/mol. The highest BCUT2D eigenvalue weighted by Gasteiger charge is 2.37. The first-order valence-corrected chi connectivity index (χ1v) is 11.8. The zero-order valence-electron chi connectivity index (χ0n) is 19.2. The summed E-state index contributed by atoms with van der Waals surface area (Å²) in [6.45, 7) is 1.23. The van der Waals surface area contributed by atoms with Crippen LogP contribution in [0.1, 0.15) is 12.0 Å². The summed E-state index contributed by atoms with van der Waals surface area (Å²) in [5.41, 5.74) is 1.87. The Bertz CT molecular complexity index is 1480. The lowest BCUT2D eigenvalue weighted by Crippen LogP contribution is -2.54. The number of amides is 4. The number of carbonyl (C=O) groups is 3. The van der Waals surface area contributed by atoms with Gasteiger partial charge in [0.05, 0.1) is 12.3 Å². The van der Waals surface area contributed by atoms with Crippen molar-refractivity contribution in [1.29, 1.82) is 0 Å². The number of imide groups is 2. The number of ether oxygens (including phenoxy) is 1. The molecule has 0 saturated carbocycles. The third-order valence-corrected chi connectivity index (χ3v) is 6.11. The van der Waals surface area contributed by atoms with Gasteiger partial charge in [0.1, 0.15) is 11.3 Å². The first-order valence-electron chi connectivity index (χ1n) is 11.4. The molecule has 0 bridgehead atoms. The van der Waals surface area contributed by atoms with Crippen LogP contribution in [0.5, 0.6) is 5.75 Å². The Morgan fingerprint density at radius 2 is 1.61 bits per heavy atom. The summed E-state index contributed by atoms with van der Waals surface area (Å²) >= 11 is 5.94. The van der Waals surface area contributed by atoms with E-state index in [1.165, 1.54) is 6.08 Å². The maximum absolute atomic E-state index is 13.2. The Hall–Kier alpha value is -4.36. The normalized spacial score (nSPS) is 15.0. The number of anilines is 1. The molecule has 1 fully saturated rings. The Morgan fingerprint density at radius 3 is 2.39 bits per heavy atom. The van der Waals surface area contributed by atoms with Gasteiger partial charge in [0.25, 0.3) is 11.8 Å². The van der Waals surface area contributed by atoms with E-state index in [4.69, 9.17) is 16.3 Å². The molecule has 1 aliphatic heterocycles. The third kappa shape index (κ3) is 4.74. The molecule has 1 saturated heterocycles. The van der Waals surface area contributed by atoms with Gasteiger partial charge in [-0.3, -0.25) is 14.9 Å². The predicted octanol–water partition coefficient (Wildman–Crippen LogP) is 5.43. The number of carbonyl (C=O) groups excluding carboxylic acids is 3. The van der Waals surface area contributed by atoms with Crippen LogP contribution < -0.4 is 15.0 Å². The minimum atomic E-state index is -0.801. The first kappa shape index (κ1) is 23.4. The molecule has 180 valence electrons. The molecule has 1 N–H and O–H groups in total. The van der Waals surface area contributed by atoms with Gasteiger partial charge in [-0.2, -0.15) is 0 Å². The van der Waals surface area contributed by atoms with Crippen LogP contribution in [0.2, 0.25) is 5.02 Å². The Balaban J connectivity index is 1.41. The Labute approximate surface area is 212 Å². The largest absolute Gasteiger partial charge is 0.494 e. The van der Waals surface area contributed by atoms with Crippen molar-refractivity contribution < 1.29 is 19.1 Å². The van der Waals surface area contributed by atoms with E-state index in [1.807, 2.05) is 60.8 Å². The molecule has 0 spiro atoms. The standard InChI is InChI=1S/C28H22ClN3O4/c29-20-11-13-21(14-12-20)32-27(34)24(26(33)30-28(32)35)17-19-18-31(25-10-5-4-9-23(19)25)15-6-16-36-22-7-2-1-3-8-22/h1-5,7-14,17-18H,6,15-16H2,(H,30,33,35)/b24-17-.